The summed E-state index contributed by atoms with van der Waals surface area (Å²) < 4.78 is 1.74. The van der Waals surface area contributed by atoms with Gasteiger partial charge < -0.3 is 0 Å². The van der Waals surface area contributed by atoms with Crippen molar-refractivity contribution in [1.82, 2.24) is 9.97 Å². The zero-order valence-electron chi connectivity index (χ0n) is 34.2. The van der Waals surface area contributed by atoms with Gasteiger partial charge in [-0.25, -0.2) is 0 Å². The maximum absolute atomic E-state index is 5.58. The van der Waals surface area contributed by atoms with Crippen molar-refractivity contribution in [2.24, 2.45) is 47.3 Å². The van der Waals surface area contributed by atoms with Gasteiger partial charge in [-0.15, -0.1) is 0 Å². The summed E-state index contributed by atoms with van der Waals surface area (Å²) >= 11 is 0. The Kier molecular flexibility index (Phi) is 3.21. The van der Waals surface area contributed by atoms with Crippen molar-refractivity contribution in [2.45, 2.75) is 127 Å². The van der Waals surface area contributed by atoms with Gasteiger partial charge in [0.15, 0.2) is 0 Å². The minimum absolute atomic E-state index is 0.112. The van der Waals surface area contributed by atoms with Crippen molar-refractivity contribution in [3.63, 3.8) is 0 Å². The Morgan fingerprint density at radius 3 is 1.37 bits per heavy atom. The molecule has 0 amide bonds. The van der Waals surface area contributed by atoms with E-state index in [2.05, 4.69) is 119 Å². The predicted molar refractivity (Wildman–Crippen MR) is 237 cm³/mol. The van der Waals surface area contributed by atoms with E-state index in [1.807, 2.05) is 11.1 Å². The molecule has 0 N–H and O–H groups in total. The summed E-state index contributed by atoms with van der Waals surface area (Å²) in [6.07, 6.45) is 22.0. The number of benzene rings is 2. The van der Waals surface area contributed by atoms with Gasteiger partial charge in [0.1, 0.15) is 0 Å². The minimum atomic E-state index is -4.98. The summed E-state index contributed by atoms with van der Waals surface area (Å²) in [4.78, 5) is 17.5. The molecule has 1 spiro atoms. The van der Waals surface area contributed by atoms with Crippen LogP contribution >= 0.6 is 17.2 Å². The van der Waals surface area contributed by atoms with Gasteiger partial charge in [-0.05, 0) is 0 Å². The van der Waals surface area contributed by atoms with Crippen LogP contribution in [0.1, 0.15) is 86.7 Å². The number of pyridine rings is 2. The Bertz CT molecular complexity index is 2910. The molecule has 302 valence electrons. The second kappa shape index (κ2) is 6.10. The first-order valence-electron chi connectivity index (χ1n) is 24.5. The predicted octanol–water partition coefficient (Wildman–Crippen LogP) is 13.1. The van der Waals surface area contributed by atoms with Crippen LogP contribution in [0.5, 0.6) is 0 Å². The Balaban J connectivity index is 0.931. The third-order valence-corrected chi connectivity index (χ3v) is 80.1. The van der Waals surface area contributed by atoms with Gasteiger partial charge in [0.2, 0.25) is 0 Å². The molecule has 0 radical (unpaired) electrons. The van der Waals surface area contributed by atoms with Crippen LogP contribution in [0.25, 0.3) is 0 Å². The van der Waals surface area contributed by atoms with E-state index in [-0.39, 0.29) is 13.1 Å². The van der Waals surface area contributed by atoms with Crippen molar-refractivity contribution in [3.05, 3.63) is 132 Å². The molecular weight excluding hydrogens is 794 g/mol. The fourth-order valence-corrected chi connectivity index (χ4v) is 126. The van der Waals surface area contributed by atoms with E-state index in [0.717, 1.165) is 87.6 Å². The van der Waals surface area contributed by atoms with Gasteiger partial charge >= 0.3 is 346 Å². The molecule has 8 aliphatic carbocycles. The Morgan fingerprint density at radius 2 is 0.966 bits per heavy atom. The molecule has 18 aliphatic rings. The van der Waals surface area contributed by atoms with Crippen LogP contribution in [0.4, 0.5) is 0 Å². The van der Waals surface area contributed by atoms with Crippen molar-refractivity contribution in [1.29, 1.82) is 0 Å². The van der Waals surface area contributed by atoms with Crippen molar-refractivity contribution >= 4 is 17.2 Å². The SMILES string of the molecule is PC(c1ccccn1)(c1ccccn1)[C]12[CH]3[C]4(c5ccccc5)[C]5(c6ccccc6)[C]1(CP(C1C6CC7CC(C6)CC1C7)C1C6CC7CC(C6)CC1C7)[Fe]34521678[CH]2[CH]1[CH]6[CH]7[CH]28. The van der Waals surface area contributed by atoms with E-state index in [4.69, 9.17) is 9.97 Å². The van der Waals surface area contributed by atoms with Crippen molar-refractivity contribution in [3.8, 4) is 0 Å². The standard InChI is InChI=1S/C49H53N2P2.C5H5.Fe/c52-49(44-15-7-9-17-50-44,45-16-8-10-18-51-45)43-29-41(35-11-3-1-4-12-35)46(36-13-5-2-6-14-36)42(43)30-53(47-37-21-31-19-32(23-37)24-38(47)22-31)48-39-25-33-20-34(27-39)28-40(48)26-33;1-2-4-5-3-1;/h1-18,29,31-34,37-40,47-48H,19-28,30,52H2;1-5H;. The first kappa shape index (κ1) is 31.0. The maximum atomic E-state index is 5.58. The number of hydrogen-bond donors (Lipinski definition) is 0. The second-order valence-corrected chi connectivity index (χ2v) is 52.6. The molecule has 59 heavy (non-hydrogen) atoms. The number of rotatable bonds is 9. The van der Waals surface area contributed by atoms with Gasteiger partial charge in [0.05, 0.1) is 0 Å². The molecule has 8 saturated carbocycles. The number of nitrogens with zero attached hydrogens (tertiary/aromatic N) is 2. The third kappa shape index (κ3) is 1.10. The molecule has 2 aromatic heterocycles. The molecule has 6 unspecified atom stereocenters. The van der Waals surface area contributed by atoms with E-state index in [9.17, 15) is 0 Å². The normalized spacial score (nSPS) is 65.8. The van der Waals surface area contributed by atoms with Crippen LogP contribution in [0.15, 0.2) is 109 Å². The van der Waals surface area contributed by atoms with Gasteiger partial charge in [-0.1, -0.05) is 0 Å². The van der Waals surface area contributed by atoms with Gasteiger partial charge in [-0.3, -0.25) is 0 Å². The first-order valence-corrected chi connectivity index (χ1v) is 32.8. The molecule has 8 bridgehead atoms. The molecule has 10 aliphatic heterocycles. The fourth-order valence-electron chi connectivity index (χ4n) is 33.6. The quantitative estimate of drug-likeness (QED) is 0.124. The molecule has 2 nitrogen and oxygen atoms in total. The summed E-state index contributed by atoms with van der Waals surface area (Å²) in [5, 5.41) is -0.224. The molecule has 22 rings (SSSR count). The van der Waals surface area contributed by atoms with Crippen LogP contribution in [0.3, 0.4) is 0 Å². The molecule has 10 saturated heterocycles. The Labute approximate surface area is 344 Å². The van der Waals surface area contributed by atoms with Crippen molar-refractivity contribution < 1.29 is 6.51 Å². The van der Waals surface area contributed by atoms with E-state index < -0.39 is 6.51 Å². The van der Waals surface area contributed by atoms with Gasteiger partial charge in [0.25, 0.3) is 0 Å². The van der Waals surface area contributed by atoms with Gasteiger partial charge in [0, 0.05) is 0 Å². The summed E-state index contributed by atoms with van der Waals surface area (Å²) in [5.74, 6) is 8.42. The van der Waals surface area contributed by atoms with Crippen LogP contribution in [0.2, 0.25) is 37.5 Å². The summed E-state index contributed by atoms with van der Waals surface area (Å²) in [6.45, 7) is -4.98. The Morgan fingerprint density at radius 1 is 0.542 bits per heavy atom. The average Bonchev–Trinajstić information content (AvgIpc) is 4.22. The van der Waals surface area contributed by atoms with E-state index in [1.165, 1.54) is 11.4 Å². The molecule has 18 fully saturated rings. The summed E-state index contributed by atoms with van der Waals surface area (Å²) in [7, 11) is 3.74. The third-order valence-electron chi connectivity index (χ3n) is 30.1. The zero-order chi connectivity index (χ0) is 37.9. The Hall–Kier alpha value is -1.88. The molecule has 2 aromatic carbocycles. The van der Waals surface area contributed by atoms with E-state index in [0.29, 0.717) is 17.3 Å². The fraction of sp³-hybridized carbons (Fsp3) is 0.593. The van der Waals surface area contributed by atoms with Gasteiger partial charge in [-0.2, -0.15) is 0 Å². The van der Waals surface area contributed by atoms with Crippen LogP contribution in [-0.2, 0) is 20.3 Å². The van der Waals surface area contributed by atoms with Crippen LogP contribution in [-0.4, -0.2) is 27.4 Å². The first-order chi connectivity index (χ1) is 28.8. The zero-order valence-corrected chi connectivity index (χ0v) is 37.3. The second-order valence-electron chi connectivity index (χ2n) is 26.5. The molecule has 5 heteroatoms. The molecule has 4 aromatic rings. The van der Waals surface area contributed by atoms with E-state index >= 15 is 0 Å². The van der Waals surface area contributed by atoms with Crippen molar-refractivity contribution in [2.75, 3.05) is 6.16 Å². The van der Waals surface area contributed by atoms with E-state index in [1.54, 1.807) is 70.4 Å². The van der Waals surface area contributed by atoms with Crippen LogP contribution in [0, 0.1) is 47.3 Å². The number of hydrogen-bond acceptors (Lipinski definition) is 2. The number of fused-ring (bicyclic) bond motifs is 10. The van der Waals surface area contributed by atoms with Crippen LogP contribution < -0.4 is 0 Å². The summed E-state index contributed by atoms with van der Waals surface area (Å²) in [5.41, 5.74) is 8.54. The topological polar surface area (TPSA) is 25.8 Å². The average molecular weight is 853 g/mol. The molecule has 6 atom stereocenters. The number of aromatic nitrogens is 2. The molecular formula is C54H58FeN2P2. The summed E-state index contributed by atoms with van der Waals surface area (Å²) in [6, 6.07) is 39.7. The monoisotopic (exact) mass is 852 g/mol. The molecule has 12 heterocycles.